The molecule has 0 unspecified atom stereocenters. The molecule has 0 spiro atoms. The van der Waals surface area contributed by atoms with Crippen LogP contribution in [0, 0.1) is 0 Å². The number of H-pyrrole nitrogens is 1. The molecule has 0 saturated carbocycles. The first-order chi connectivity index (χ1) is 7.69. The molecule has 0 aliphatic carbocycles. The van der Waals surface area contributed by atoms with Gasteiger partial charge in [-0.15, -0.1) is 0 Å². The smallest absolute Gasteiger partial charge is 0.411 e. The van der Waals surface area contributed by atoms with Gasteiger partial charge in [0, 0.05) is 0 Å². The number of hydrogen-bond donors (Lipinski definition) is 3. The summed E-state index contributed by atoms with van der Waals surface area (Å²) in [7, 11) is 0. The number of fused-ring (bicyclic) bond motifs is 1. The lowest BCUT2D eigenvalue weighted by Crippen LogP contribution is -2.08. The van der Waals surface area contributed by atoms with Gasteiger partial charge < -0.3 is 10.1 Å². The maximum absolute atomic E-state index is 10.4. The van der Waals surface area contributed by atoms with Crippen molar-refractivity contribution in [3.8, 4) is 0 Å². The van der Waals surface area contributed by atoms with E-state index in [-0.39, 0.29) is 5.95 Å². The van der Waals surface area contributed by atoms with E-state index in [4.69, 9.17) is 5.11 Å². The fourth-order valence-corrected chi connectivity index (χ4v) is 1.66. The predicted octanol–water partition coefficient (Wildman–Crippen LogP) is 2.61. The van der Waals surface area contributed by atoms with Crippen LogP contribution in [0.3, 0.4) is 0 Å². The minimum atomic E-state index is -1.12. The number of anilines is 1. The molecule has 0 bridgehead atoms. The van der Waals surface area contributed by atoms with Crippen molar-refractivity contribution in [2.45, 2.75) is 19.8 Å². The molecule has 84 valence electrons. The van der Waals surface area contributed by atoms with Crippen LogP contribution in [-0.2, 0) is 6.42 Å². The molecule has 0 radical (unpaired) electrons. The Morgan fingerprint density at radius 2 is 2.38 bits per heavy atom. The minimum absolute atomic E-state index is 0.260. The van der Waals surface area contributed by atoms with Crippen LogP contribution < -0.4 is 5.32 Å². The van der Waals surface area contributed by atoms with Crippen molar-refractivity contribution in [3.05, 3.63) is 23.8 Å². The molecule has 5 nitrogen and oxygen atoms in total. The summed E-state index contributed by atoms with van der Waals surface area (Å²) < 4.78 is 0. The average Bonchev–Trinajstić information content (AvgIpc) is 2.58. The molecule has 16 heavy (non-hydrogen) atoms. The monoisotopic (exact) mass is 219 g/mol. The number of carbonyl (C=O) groups is 1. The summed E-state index contributed by atoms with van der Waals surface area (Å²) in [4.78, 5) is 17.5. The Morgan fingerprint density at radius 3 is 3.06 bits per heavy atom. The Bertz CT molecular complexity index is 519. The maximum Gasteiger partial charge on any atom is 0.411 e. The second-order valence-electron chi connectivity index (χ2n) is 3.62. The summed E-state index contributed by atoms with van der Waals surface area (Å²) in [5.74, 6) is 0.260. The Kier molecular flexibility index (Phi) is 2.76. The molecule has 0 aliphatic heterocycles. The lowest BCUT2D eigenvalue weighted by Gasteiger charge is -1.96. The quantitative estimate of drug-likeness (QED) is 0.742. The lowest BCUT2D eigenvalue weighted by atomic mass is 10.1. The van der Waals surface area contributed by atoms with Crippen molar-refractivity contribution >= 4 is 23.1 Å². The zero-order valence-corrected chi connectivity index (χ0v) is 8.95. The van der Waals surface area contributed by atoms with Gasteiger partial charge in [-0.05, 0) is 24.1 Å². The number of amides is 1. The molecule has 0 aliphatic rings. The molecule has 3 N–H and O–H groups in total. The number of hydrogen-bond acceptors (Lipinski definition) is 2. The van der Waals surface area contributed by atoms with E-state index in [1.54, 1.807) is 0 Å². The maximum atomic E-state index is 10.4. The van der Waals surface area contributed by atoms with E-state index in [0.717, 1.165) is 23.9 Å². The Labute approximate surface area is 92.5 Å². The van der Waals surface area contributed by atoms with Gasteiger partial charge in [-0.1, -0.05) is 19.4 Å². The van der Waals surface area contributed by atoms with Crippen molar-refractivity contribution in [2.24, 2.45) is 0 Å². The fourth-order valence-electron chi connectivity index (χ4n) is 1.66. The first-order valence-electron chi connectivity index (χ1n) is 5.17. The van der Waals surface area contributed by atoms with Gasteiger partial charge in [-0.3, -0.25) is 5.32 Å². The molecule has 0 saturated heterocycles. The van der Waals surface area contributed by atoms with Gasteiger partial charge in [0.1, 0.15) is 0 Å². The highest BCUT2D eigenvalue weighted by Gasteiger charge is 2.05. The van der Waals surface area contributed by atoms with Gasteiger partial charge in [0.15, 0.2) is 0 Å². The number of benzene rings is 1. The topological polar surface area (TPSA) is 78.0 Å². The van der Waals surface area contributed by atoms with Crippen molar-refractivity contribution < 1.29 is 9.90 Å². The van der Waals surface area contributed by atoms with Crippen LogP contribution in [-0.4, -0.2) is 21.2 Å². The fraction of sp³-hybridized carbons (Fsp3) is 0.273. The van der Waals surface area contributed by atoms with Crippen LogP contribution in [0.1, 0.15) is 18.9 Å². The van der Waals surface area contributed by atoms with Crippen molar-refractivity contribution in [2.75, 3.05) is 5.32 Å². The second kappa shape index (κ2) is 4.22. The average molecular weight is 219 g/mol. The van der Waals surface area contributed by atoms with Gasteiger partial charge >= 0.3 is 6.09 Å². The molecule has 1 heterocycles. The van der Waals surface area contributed by atoms with Crippen molar-refractivity contribution in [3.63, 3.8) is 0 Å². The number of rotatable bonds is 3. The third kappa shape index (κ3) is 2.13. The Hall–Kier alpha value is -2.04. The summed E-state index contributed by atoms with van der Waals surface area (Å²) in [5, 5.41) is 10.8. The van der Waals surface area contributed by atoms with E-state index in [9.17, 15) is 4.79 Å². The number of carboxylic acid groups (broad SMARTS) is 1. The highest BCUT2D eigenvalue weighted by molar-refractivity contribution is 5.85. The highest BCUT2D eigenvalue weighted by atomic mass is 16.4. The van der Waals surface area contributed by atoms with Crippen LogP contribution in [0.4, 0.5) is 10.7 Å². The van der Waals surface area contributed by atoms with E-state index in [2.05, 4.69) is 22.2 Å². The number of imidazole rings is 1. The predicted molar refractivity (Wildman–Crippen MR) is 61.7 cm³/mol. The normalized spacial score (nSPS) is 10.6. The summed E-state index contributed by atoms with van der Waals surface area (Å²) in [6.07, 6.45) is 0.976. The van der Waals surface area contributed by atoms with Gasteiger partial charge in [0.2, 0.25) is 5.95 Å². The molecule has 2 aromatic rings. The number of nitrogens with one attached hydrogen (secondary N) is 2. The van der Waals surface area contributed by atoms with Crippen LogP contribution in [0.5, 0.6) is 0 Å². The molecule has 0 fully saturated rings. The van der Waals surface area contributed by atoms with Gasteiger partial charge in [-0.25, -0.2) is 9.78 Å². The number of aromatic nitrogens is 2. The third-order valence-electron chi connectivity index (χ3n) is 2.31. The second-order valence-corrected chi connectivity index (χ2v) is 3.62. The Morgan fingerprint density at radius 1 is 1.56 bits per heavy atom. The summed E-state index contributed by atoms with van der Waals surface area (Å²) in [6, 6.07) is 5.90. The molecule has 1 aromatic heterocycles. The SMILES string of the molecule is CCCc1ccc2nc(NC(=O)O)[nH]c2c1. The zero-order valence-electron chi connectivity index (χ0n) is 8.95. The van der Waals surface area contributed by atoms with E-state index in [1.165, 1.54) is 5.56 Å². The van der Waals surface area contributed by atoms with Crippen LogP contribution in [0.25, 0.3) is 11.0 Å². The van der Waals surface area contributed by atoms with E-state index < -0.39 is 6.09 Å². The van der Waals surface area contributed by atoms with E-state index in [1.807, 2.05) is 18.2 Å². The molecule has 5 heteroatoms. The number of nitrogens with zero attached hydrogens (tertiary/aromatic N) is 1. The summed E-state index contributed by atoms with van der Waals surface area (Å²) in [6.45, 7) is 2.12. The Balaban J connectivity index is 2.34. The lowest BCUT2D eigenvalue weighted by molar-refractivity contribution is 0.209. The standard InChI is InChI=1S/C11H13N3O2/c1-2-3-7-4-5-8-9(6-7)13-10(12-8)14-11(15)16/h4-6H,2-3H2,1H3,(H,15,16)(H2,12,13,14). The van der Waals surface area contributed by atoms with Crippen LogP contribution in [0.2, 0.25) is 0 Å². The molecule has 0 atom stereocenters. The molecule has 1 aromatic carbocycles. The van der Waals surface area contributed by atoms with Gasteiger partial charge in [0.05, 0.1) is 11.0 Å². The van der Waals surface area contributed by atoms with Crippen molar-refractivity contribution in [1.29, 1.82) is 0 Å². The van der Waals surface area contributed by atoms with Crippen molar-refractivity contribution in [1.82, 2.24) is 9.97 Å². The molecular weight excluding hydrogens is 206 g/mol. The van der Waals surface area contributed by atoms with E-state index in [0.29, 0.717) is 0 Å². The third-order valence-corrected chi connectivity index (χ3v) is 2.31. The van der Waals surface area contributed by atoms with Crippen LogP contribution in [0.15, 0.2) is 18.2 Å². The van der Waals surface area contributed by atoms with Gasteiger partial charge in [0.25, 0.3) is 0 Å². The highest BCUT2D eigenvalue weighted by Crippen LogP contribution is 2.16. The minimum Gasteiger partial charge on any atom is -0.465 e. The molecular formula is C11H13N3O2. The first kappa shape index (κ1) is 10.5. The summed E-state index contributed by atoms with van der Waals surface area (Å²) >= 11 is 0. The zero-order chi connectivity index (χ0) is 11.5. The van der Waals surface area contributed by atoms with Crippen LogP contribution >= 0.6 is 0 Å². The molecule has 1 amide bonds. The number of aryl methyl sites for hydroxylation is 1. The van der Waals surface area contributed by atoms with Gasteiger partial charge in [-0.2, -0.15) is 0 Å². The first-order valence-corrected chi connectivity index (χ1v) is 5.17. The molecule has 2 rings (SSSR count). The number of aromatic amines is 1. The largest absolute Gasteiger partial charge is 0.465 e. The summed E-state index contributed by atoms with van der Waals surface area (Å²) in [5.41, 5.74) is 2.85. The van der Waals surface area contributed by atoms with E-state index >= 15 is 0 Å².